The van der Waals surface area contributed by atoms with E-state index in [0.717, 1.165) is 54.5 Å². The average molecular weight is 365 g/mol. The third kappa shape index (κ3) is 3.54. The fourth-order valence-electron chi connectivity index (χ4n) is 3.91. The van der Waals surface area contributed by atoms with Crippen molar-refractivity contribution in [2.75, 3.05) is 31.1 Å². The van der Waals surface area contributed by atoms with Gasteiger partial charge >= 0.3 is 0 Å². The number of carbonyl (C=O) groups excluding carboxylic acids is 1. The highest BCUT2D eigenvalue weighted by Crippen LogP contribution is 2.28. The Kier molecular flexibility index (Phi) is 4.83. The molecule has 3 heterocycles. The molecule has 27 heavy (non-hydrogen) atoms. The van der Waals surface area contributed by atoms with Crippen LogP contribution in [0, 0.1) is 13.8 Å². The van der Waals surface area contributed by atoms with E-state index in [1.807, 2.05) is 43.0 Å². The molecule has 2 aromatic rings. The van der Waals surface area contributed by atoms with Crippen LogP contribution in [0.2, 0.25) is 0 Å². The van der Waals surface area contributed by atoms with Crippen LogP contribution in [0.4, 0.5) is 5.95 Å². The average Bonchev–Trinajstić information content (AvgIpc) is 3.35. The molecule has 2 fully saturated rings. The minimum atomic E-state index is 0.0491. The Morgan fingerprint density at radius 2 is 1.93 bits per heavy atom. The molecule has 142 valence electrons. The molecule has 1 amide bonds. The highest BCUT2D eigenvalue weighted by atomic mass is 16.2. The molecule has 2 aliphatic rings. The Morgan fingerprint density at radius 1 is 1.15 bits per heavy atom. The van der Waals surface area contributed by atoms with E-state index in [0.29, 0.717) is 12.1 Å². The summed E-state index contributed by atoms with van der Waals surface area (Å²) in [6.45, 7) is 7.46. The van der Waals surface area contributed by atoms with Gasteiger partial charge in [-0.15, -0.1) is 0 Å². The molecule has 0 bridgehead atoms. The first-order chi connectivity index (χ1) is 13.0. The Morgan fingerprint density at radius 3 is 2.63 bits per heavy atom. The maximum atomic E-state index is 12.8. The van der Waals surface area contributed by atoms with Crippen LogP contribution in [-0.4, -0.2) is 53.0 Å². The number of anilines is 1. The first-order valence-electron chi connectivity index (χ1n) is 9.78. The van der Waals surface area contributed by atoms with Crippen molar-refractivity contribution in [3.63, 3.8) is 0 Å². The zero-order valence-corrected chi connectivity index (χ0v) is 16.1. The van der Waals surface area contributed by atoms with Gasteiger partial charge in [0, 0.05) is 49.0 Å². The standard InChI is InChI=1S/C21H27N5O/c1-14-15(2)23-21(25-9-3-4-10-25)24-19(14)16-6-5-7-17(12-16)20(27)26-11-8-18(22)13-26/h5-7,12,18H,3-4,8-11,13,22H2,1-2H3. The second-order valence-corrected chi connectivity index (χ2v) is 7.66. The monoisotopic (exact) mass is 365 g/mol. The molecule has 1 aromatic carbocycles. The maximum Gasteiger partial charge on any atom is 0.253 e. The van der Waals surface area contributed by atoms with Gasteiger partial charge in [-0.25, -0.2) is 9.97 Å². The predicted molar refractivity (Wildman–Crippen MR) is 107 cm³/mol. The molecule has 6 heteroatoms. The van der Waals surface area contributed by atoms with Crippen LogP contribution in [-0.2, 0) is 0 Å². The lowest BCUT2D eigenvalue weighted by molar-refractivity contribution is 0.0791. The normalized spacial score (nSPS) is 19.7. The van der Waals surface area contributed by atoms with E-state index in [1.54, 1.807) is 0 Å². The van der Waals surface area contributed by atoms with Crippen LogP contribution < -0.4 is 10.6 Å². The number of amides is 1. The van der Waals surface area contributed by atoms with Crippen molar-refractivity contribution in [1.82, 2.24) is 14.9 Å². The van der Waals surface area contributed by atoms with Gasteiger partial charge in [0.25, 0.3) is 5.91 Å². The molecule has 2 saturated heterocycles. The van der Waals surface area contributed by atoms with Gasteiger partial charge in [0.05, 0.1) is 5.69 Å². The van der Waals surface area contributed by atoms with Crippen LogP contribution in [0.1, 0.15) is 40.9 Å². The second-order valence-electron chi connectivity index (χ2n) is 7.66. The smallest absolute Gasteiger partial charge is 0.253 e. The second kappa shape index (κ2) is 7.27. The molecule has 0 spiro atoms. The van der Waals surface area contributed by atoms with Gasteiger partial charge in [-0.05, 0) is 50.8 Å². The van der Waals surface area contributed by atoms with Crippen molar-refractivity contribution in [2.45, 2.75) is 39.2 Å². The van der Waals surface area contributed by atoms with Crippen LogP contribution in [0.3, 0.4) is 0 Å². The largest absolute Gasteiger partial charge is 0.341 e. The van der Waals surface area contributed by atoms with Crippen molar-refractivity contribution in [3.8, 4) is 11.3 Å². The number of nitrogens with zero attached hydrogens (tertiary/aromatic N) is 4. The molecule has 2 aliphatic heterocycles. The van der Waals surface area contributed by atoms with Gasteiger partial charge < -0.3 is 15.5 Å². The Balaban J connectivity index is 1.68. The maximum absolute atomic E-state index is 12.8. The molecule has 2 N–H and O–H groups in total. The molecule has 4 rings (SSSR count). The van der Waals surface area contributed by atoms with Crippen molar-refractivity contribution >= 4 is 11.9 Å². The Labute approximate surface area is 160 Å². The fourth-order valence-corrected chi connectivity index (χ4v) is 3.91. The van der Waals surface area contributed by atoms with Crippen LogP contribution in [0.25, 0.3) is 11.3 Å². The Hall–Kier alpha value is -2.47. The molecule has 6 nitrogen and oxygen atoms in total. The van der Waals surface area contributed by atoms with Crippen molar-refractivity contribution in [1.29, 1.82) is 0 Å². The first kappa shape index (κ1) is 17.9. The quantitative estimate of drug-likeness (QED) is 0.905. The number of likely N-dealkylation sites (tertiary alicyclic amines) is 1. The highest BCUT2D eigenvalue weighted by Gasteiger charge is 2.25. The lowest BCUT2D eigenvalue weighted by Gasteiger charge is -2.19. The zero-order chi connectivity index (χ0) is 19.0. The number of hydrogen-bond donors (Lipinski definition) is 1. The summed E-state index contributed by atoms with van der Waals surface area (Å²) in [6, 6.07) is 7.88. The number of aryl methyl sites for hydroxylation is 1. The van der Waals surface area contributed by atoms with Gasteiger partial charge in [0.2, 0.25) is 5.95 Å². The summed E-state index contributed by atoms with van der Waals surface area (Å²) >= 11 is 0. The molecule has 0 aliphatic carbocycles. The summed E-state index contributed by atoms with van der Waals surface area (Å²) in [5.74, 6) is 0.848. The summed E-state index contributed by atoms with van der Waals surface area (Å²) in [5, 5.41) is 0. The molecule has 1 unspecified atom stereocenters. The van der Waals surface area contributed by atoms with E-state index in [2.05, 4.69) is 4.90 Å². The third-order valence-electron chi connectivity index (χ3n) is 5.66. The van der Waals surface area contributed by atoms with Gasteiger partial charge in [-0.3, -0.25) is 4.79 Å². The summed E-state index contributed by atoms with van der Waals surface area (Å²) in [5.41, 5.74) is 10.6. The molecular formula is C21H27N5O. The van der Waals surface area contributed by atoms with Crippen LogP contribution >= 0.6 is 0 Å². The zero-order valence-electron chi connectivity index (χ0n) is 16.1. The van der Waals surface area contributed by atoms with E-state index in [4.69, 9.17) is 15.7 Å². The third-order valence-corrected chi connectivity index (χ3v) is 5.66. The lowest BCUT2D eigenvalue weighted by Crippen LogP contribution is -2.31. The van der Waals surface area contributed by atoms with E-state index in [-0.39, 0.29) is 11.9 Å². The number of aromatic nitrogens is 2. The summed E-state index contributed by atoms with van der Waals surface area (Å²) in [4.78, 5) is 26.5. The van der Waals surface area contributed by atoms with Crippen molar-refractivity contribution in [3.05, 3.63) is 41.1 Å². The fraction of sp³-hybridized carbons (Fsp3) is 0.476. The number of benzene rings is 1. The van der Waals surface area contributed by atoms with Crippen molar-refractivity contribution < 1.29 is 4.79 Å². The number of rotatable bonds is 3. The minimum absolute atomic E-state index is 0.0491. The van der Waals surface area contributed by atoms with Gasteiger partial charge in [0.1, 0.15) is 0 Å². The SMILES string of the molecule is Cc1nc(N2CCCC2)nc(-c2cccc(C(=O)N3CCC(N)C3)c2)c1C. The first-order valence-corrected chi connectivity index (χ1v) is 9.78. The predicted octanol–water partition coefficient (Wildman–Crippen LogP) is 2.53. The summed E-state index contributed by atoms with van der Waals surface area (Å²) < 4.78 is 0. The molecular weight excluding hydrogens is 338 g/mol. The van der Waals surface area contributed by atoms with E-state index >= 15 is 0 Å². The highest BCUT2D eigenvalue weighted by molar-refractivity contribution is 5.95. The number of carbonyl (C=O) groups is 1. The van der Waals surface area contributed by atoms with E-state index < -0.39 is 0 Å². The van der Waals surface area contributed by atoms with Crippen molar-refractivity contribution in [2.24, 2.45) is 5.73 Å². The van der Waals surface area contributed by atoms with E-state index in [9.17, 15) is 4.79 Å². The van der Waals surface area contributed by atoms with E-state index in [1.165, 1.54) is 12.8 Å². The van der Waals surface area contributed by atoms with Gasteiger partial charge in [0.15, 0.2) is 0 Å². The molecule has 1 aromatic heterocycles. The molecule has 0 radical (unpaired) electrons. The van der Waals surface area contributed by atoms with Gasteiger partial charge in [-0.1, -0.05) is 12.1 Å². The number of nitrogens with two attached hydrogens (primary N) is 1. The minimum Gasteiger partial charge on any atom is -0.341 e. The summed E-state index contributed by atoms with van der Waals surface area (Å²) in [6.07, 6.45) is 3.25. The lowest BCUT2D eigenvalue weighted by atomic mass is 10.0. The van der Waals surface area contributed by atoms with Crippen LogP contribution in [0.5, 0.6) is 0 Å². The Bertz CT molecular complexity index is 860. The van der Waals surface area contributed by atoms with Gasteiger partial charge in [-0.2, -0.15) is 0 Å². The summed E-state index contributed by atoms with van der Waals surface area (Å²) in [7, 11) is 0. The molecule has 1 atom stereocenters. The number of hydrogen-bond acceptors (Lipinski definition) is 5. The molecule has 0 saturated carbocycles. The van der Waals surface area contributed by atoms with Crippen LogP contribution in [0.15, 0.2) is 24.3 Å². The topological polar surface area (TPSA) is 75.4 Å².